The smallest absolute Gasteiger partial charge is 0.186 e. The van der Waals surface area contributed by atoms with Gasteiger partial charge in [0.15, 0.2) is 5.78 Å². The summed E-state index contributed by atoms with van der Waals surface area (Å²) in [6.45, 7) is 0. The number of ketones is 1. The first-order valence-electron chi connectivity index (χ1n) is 5.91. The number of carbonyl (C=O) groups excluding carboxylic acids is 1. The Hall–Kier alpha value is -2.49. The minimum atomic E-state index is -0.772. The number of carbonyl (C=O) groups is 1. The van der Waals surface area contributed by atoms with Gasteiger partial charge in [-0.1, -0.05) is 18.2 Å². The van der Waals surface area contributed by atoms with E-state index in [1.165, 1.54) is 6.08 Å². The summed E-state index contributed by atoms with van der Waals surface area (Å²) in [6.07, 6.45) is 2.85. The molecule has 0 aliphatic rings. The third-order valence-electron chi connectivity index (χ3n) is 2.69. The van der Waals surface area contributed by atoms with E-state index < -0.39 is 17.4 Å². The molecule has 0 bridgehead atoms. The molecule has 20 heavy (non-hydrogen) atoms. The normalized spacial score (nSPS) is 10.8. The van der Waals surface area contributed by atoms with Gasteiger partial charge < -0.3 is 4.74 Å². The van der Waals surface area contributed by atoms with E-state index in [-0.39, 0.29) is 5.56 Å². The number of halogens is 2. The van der Waals surface area contributed by atoms with Gasteiger partial charge in [0, 0.05) is 11.6 Å². The molecule has 2 aromatic carbocycles. The highest BCUT2D eigenvalue weighted by Gasteiger charge is 2.06. The molecule has 0 fully saturated rings. The molecular formula is C16H12F2O2. The Morgan fingerprint density at radius 3 is 2.20 bits per heavy atom. The monoisotopic (exact) mass is 274 g/mol. The molecule has 0 unspecified atom stereocenters. The summed E-state index contributed by atoms with van der Waals surface area (Å²) in [5.41, 5.74) is 0.767. The Morgan fingerprint density at radius 2 is 1.65 bits per heavy atom. The van der Waals surface area contributed by atoms with Gasteiger partial charge in [-0.25, -0.2) is 8.78 Å². The fourth-order valence-corrected chi connectivity index (χ4v) is 1.68. The first-order valence-corrected chi connectivity index (χ1v) is 5.91. The molecule has 2 rings (SSSR count). The van der Waals surface area contributed by atoms with Crippen molar-refractivity contribution in [2.75, 3.05) is 7.11 Å². The van der Waals surface area contributed by atoms with E-state index >= 15 is 0 Å². The van der Waals surface area contributed by atoms with Crippen molar-refractivity contribution in [3.05, 3.63) is 71.3 Å². The highest BCUT2D eigenvalue weighted by atomic mass is 19.1. The van der Waals surface area contributed by atoms with Crippen LogP contribution < -0.4 is 4.74 Å². The van der Waals surface area contributed by atoms with Gasteiger partial charge in [-0.15, -0.1) is 0 Å². The van der Waals surface area contributed by atoms with Gasteiger partial charge in [0.1, 0.15) is 17.4 Å². The van der Waals surface area contributed by atoms with Crippen LogP contribution in [0.4, 0.5) is 8.78 Å². The largest absolute Gasteiger partial charge is 0.497 e. The molecule has 0 atom stereocenters. The molecule has 102 valence electrons. The van der Waals surface area contributed by atoms with E-state index in [9.17, 15) is 13.6 Å². The SMILES string of the molecule is COc1ccc(/C=C/C(=O)c2cc(F)cc(F)c2)cc1. The Morgan fingerprint density at radius 1 is 1.05 bits per heavy atom. The van der Waals surface area contributed by atoms with Gasteiger partial charge in [-0.3, -0.25) is 4.79 Å². The summed E-state index contributed by atoms with van der Waals surface area (Å²) in [4.78, 5) is 11.8. The van der Waals surface area contributed by atoms with Crippen LogP contribution in [0.3, 0.4) is 0 Å². The molecule has 2 nitrogen and oxygen atoms in total. The summed E-state index contributed by atoms with van der Waals surface area (Å²) in [7, 11) is 1.56. The molecule has 0 radical (unpaired) electrons. The molecule has 0 N–H and O–H groups in total. The number of hydrogen-bond acceptors (Lipinski definition) is 2. The maximum atomic E-state index is 13.0. The van der Waals surface area contributed by atoms with Gasteiger partial charge in [-0.2, -0.15) is 0 Å². The van der Waals surface area contributed by atoms with Crippen molar-refractivity contribution >= 4 is 11.9 Å². The summed E-state index contributed by atoms with van der Waals surface area (Å²) >= 11 is 0. The number of rotatable bonds is 4. The van der Waals surface area contributed by atoms with Crippen LogP contribution in [0.1, 0.15) is 15.9 Å². The Bertz CT molecular complexity index is 626. The fraction of sp³-hybridized carbons (Fsp3) is 0.0625. The first-order chi connectivity index (χ1) is 9.58. The topological polar surface area (TPSA) is 26.3 Å². The highest BCUT2D eigenvalue weighted by molar-refractivity contribution is 6.06. The Labute approximate surface area is 115 Å². The second kappa shape index (κ2) is 6.10. The zero-order valence-corrected chi connectivity index (χ0v) is 10.8. The lowest BCUT2D eigenvalue weighted by atomic mass is 10.1. The number of methoxy groups -OCH3 is 1. The number of benzene rings is 2. The van der Waals surface area contributed by atoms with E-state index in [1.54, 1.807) is 37.5 Å². The van der Waals surface area contributed by atoms with Gasteiger partial charge in [0.2, 0.25) is 0 Å². The van der Waals surface area contributed by atoms with Gasteiger partial charge in [-0.05, 0) is 35.9 Å². The van der Waals surface area contributed by atoms with E-state index in [1.807, 2.05) is 0 Å². The number of ether oxygens (including phenoxy) is 1. The van der Waals surface area contributed by atoms with Crippen LogP contribution in [-0.2, 0) is 0 Å². The summed E-state index contributed by atoms with van der Waals surface area (Å²) in [5.74, 6) is -1.29. The van der Waals surface area contributed by atoms with Crippen molar-refractivity contribution < 1.29 is 18.3 Å². The third-order valence-corrected chi connectivity index (χ3v) is 2.69. The second-order valence-electron chi connectivity index (χ2n) is 4.13. The van der Waals surface area contributed by atoms with Crippen LogP contribution in [0.2, 0.25) is 0 Å². The lowest BCUT2D eigenvalue weighted by Crippen LogP contribution is -1.96. The minimum absolute atomic E-state index is 0.0211. The van der Waals surface area contributed by atoms with E-state index in [0.29, 0.717) is 5.75 Å². The van der Waals surface area contributed by atoms with Crippen LogP contribution in [0, 0.1) is 11.6 Å². The van der Waals surface area contributed by atoms with Crippen molar-refractivity contribution in [1.29, 1.82) is 0 Å². The quantitative estimate of drug-likeness (QED) is 0.625. The third kappa shape index (κ3) is 3.51. The van der Waals surface area contributed by atoms with Crippen molar-refractivity contribution in [3.63, 3.8) is 0 Å². The van der Waals surface area contributed by atoms with E-state index in [2.05, 4.69) is 0 Å². The standard InChI is InChI=1S/C16H12F2O2/c1-20-15-5-2-11(3-6-15)4-7-16(19)12-8-13(17)10-14(18)9-12/h2-10H,1H3/b7-4+. The van der Waals surface area contributed by atoms with Crippen molar-refractivity contribution in [2.24, 2.45) is 0 Å². The zero-order chi connectivity index (χ0) is 14.5. The Balaban J connectivity index is 2.15. The highest BCUT2D eigenvalue weighted by Crippen LogP contribution is 2.13. The predicted molar refractivity (Wildman–Crippen MR) is 72.7 cm³/mol. The zero-order valence-electron chi connectivity index (χ0n) is 10.8. The molecule has 0 amide bonds. The lowest BCUT2D eigenvalue weighted by Gasteiger charge is -1.99. The number of allylic oxidation sites excluding steroid dienone is 1. The molecule has 0 saturated carbocycles. The first kappa shape index (κ1) is 13.9. The molecule has 0 spiro atoms. The van der Waals surface area contributed by atoms with Crippen LogP contribution >= 0.6 is 0 Å². The molecule has 0 aliphatic heterocycles. The Kier molecular flexibility index (Phi) is 4.25. The molecule has 4 heteroatoms. The van der Waals surface area contributed by atoms with E-state index in [4.69, 9.17) is 4.74 Å². The fourth-order valence-electron chi connectivity index (χ4n) is 1.68. The van der Waals surface area contributed by atoms with Crippen LogP contribution in [0.5, 0.6) is 5.75 Å². The molecule has 0 saturated heterocycles. The average Bonchev–Trinajstić information content (AvgIpc) is 2.44. The lowest BCUT2D eigenvalue weighted by molar-refractivity contribution is 0.104. The molecular weight excluding hydrogens is 262 g/mol. The summed E-state index contributed by atoms with van der Waals surface area (Å²) < 4.78 is 31.0. The van der Waals surface area contributed by atoms with Crippen LogP contribution in [0.15, 0.2) is 48.5 Å². The average molecular weight is 274 g/mol. The summed E-state index contributed by atoms with van der Waals surface area (Å²) in [5, 5.41) is 0. The predicted octanol–water partition coefficient (Wildman–Crippen LogP) is 3.87. The molecule has 0 aliphatic carbocycles. The minimum Gasteiger partial charge on any atom is -0.497 e. The van der Waals surface area contributed by atoms with Crippen molar-refractivity contribution in [2.45, 2.75) is 0 Å². The van der Waals surface area contributed by atoms with Crippen LogP contribution in [-0.4, -0.2) is 12.9 Å². The maximum Gasteiger partial charge on any atom is 0.186 e. The van der Waals surface area contributed by atoms with Crippen molar-refractivity contribution in [3.8, 4) is 5.75 Å². The summed E-state index contributed by atoms with van der Waals surface area (Å²) in [6, 6.07) is 9.79. The van der Waals surface area contributed by atoms with Crippen LogP contribution in [0.25, 0.3) is 6.08 Å². The number of hydrogen-bond donors (Lipinski definition) is 0. The second-order valence-corrected chi connectivity index (χ2v) is 4.13. The van der Waals surface area contributed by atoms with E-state index in [0.717, 1.165) is 23.8 Å². The molecule has 0 aromatic heterocycles. The van der Waals surface area contributed by atoms with Gasteiger partial charge in [0.05, 0.1) is 7.11 Å². The maximum absolute atomic E-state index is 13.0. The van der Waals surface area contributed by atoms with Crippen molar-refractivity contribution in [1.82, 2.24) is 0 Å². The molecule has 0 heterocycles. The van der Waals surface area contributed by atoms with Gasteiger partial charge in [0.25, 0.3) is 0 Å². The molecule has 2 aromatic rings. The van der Waals surface area contributed by atoms with Gasteiger partial charge >= 0.3 is 0 Å².